The number of thiocarbonyl (C=S) groups is 1. The molecule has 0 aliphatic carbocycles. The van der Waals surface area contributed by atoms with E-state index in [0.29, 0.717) is 22.4 Å². The lowest BCUT2D eigenvalue weighted by molar-refractivity contribution is -0.140. The van der Waals surface area contributed by atoms with Crippen LogP contribution in [0.25, 0.3) is 11.3 Å². The van der Waals surface area contributed by atoms with Gasteiger partial charge in [-0.15, -0.1) is 0 Å². The van der Waals surface area contributed by atoms with Crippen molar-refractivity contribution in [3.8, 4) is 11.3 Å². The molecule has 3 heterocycles. The van der Waals surface area contributed by atoms with Gasteiger partial charge in [0, 0.05) is 23.3 Å². The average Bonchev–Trinajstić information content (AvgIpc) is 3.39. The summed E-state index contributed by atoms with van der Waals surface area (Å²) < 4.78 is 11.1. The third-order valence-electron chi connectivity index (χ3n) is 5.36. The highest BCUT2D eigenvalue weighted by Crippen LogP contribution is 2.40. The van der Waals surface area contributed by atoms with Crippen LogP contribution < -0.4 is 5.32 Å². The smallest absolute Gasteiger partial charge is 0.307 e. The Morgan fingerprint density at radius 1 is 1.29 bits per heavy atom. The lowest BCUT2D eigenvalue weighted by atomic mass is 10.0. The van der Waals surface area contributed by atoms with Gasteiger partial charge in [-0.3, -0.25) is 9.78 Å². The zero-order valence-corrected chi connectivity index (χ0v) is 18.7. The first kappa shape index (κ1) is 21.3. The Morgan fingerprint density at radius 3 is 2.84 bits per heavy atom. The molecule has 31 heavy (non-hydrogen) atoms. The van der Waals surface area contributed by atoms with Crippen LogP contribution >= 0.6 is 23.8 Å². The van der Waals surface area contributed by atoms with Crippen LogP contribution in [0.1, 0.15) is 35.5 Å². The van der Waals surface area contributed by atoms with Gasteiger partial charge in [-0.1, -0.05) is 29.8 Å². The lowest BCUT2D eigenvalue weighted by Gasteiger charge is -2.25. The molecule has 1 N–H and O–H groups in total. The molecule has 1 aromatic carbocycles. The molecule has 6 nitrogen and oxygen atoms in total. The number of nitrogens with one attached hydrogen (secondary N) is 1. The predicted octanol–water partition coefficient (Wildman–Crippen LogP) is 4.84. The minimum Gasteiger partial charge on any atom is -0.469 e. The number of carbonyl (C=O) groups is 1. The van der Waals surface area contributed by atoms with E-state index in [1.807, 2.05) is 60.4 Å². The van der Waals surface area contributed by atoms with Crippen LogP contribution in [0, 0.1) is 6.92 Å². The van der Waals surface area contributed by atoms with E-state index >= 15 is 0 Å². The topological polar surface area (TPSA) is 67.6 Å². The SMILES string of the molecule is COC(=O)CCN1C(=S)N[C@@H](c2ccccn2)[C@@H]1c1ccc(-c2ccc(C)c(Cl)c2)o1. The van der Waals surface area contributed by atoms with Gasteiger partial charge in [0.1, 0.15) is 17.6 Å². The lowest BCUT2D eigenvalue weighted by Crippen LogP contribution is -2.31. The number of pyridine rings is 1. The number of nitrogens with zero attached hydrogens (tertiary/aromatic N) is 2. The Kier molecular flexibility index (Phi) is 6.25. The van der Waals surface area contributed by atoms with Gasteiger partial charge < -0.3 is 19.4 Å². The maximum Gasteiger partial charge on any atom is 0.307 e. The molecule has 1 saturated heterocycles. The third kappa shape index (κ3) is 4.43. The van der Waals surface area contributed by atoms with Crippen molar-refractivity contribution in [3.05, 3.63) is 76.8 Å². The largest absolute Gasteiger partial charge is 0.469 e. The predicted molar refractivity (Wildman–Crippen MR) is 123 cm³/mol. The van der Waals surface area contributed by atoms with Crippen LogP contribution in [0.15, 0.2) is 59.1 Å². The standard InChI is InChI=1S/C23H22ClN3O3S/c1-14-6-7-15(13-16(14)24)18-8-9-19(30-18)22-21(17-5-3-4-11-25-17)26-23(31)27(22)12-10-20(28)29-2/h3-9,11,13,21-22H,10,12H2,1-2H3,(H,26,31)/t21-,22-/m0/s1. The van der Waals surface area contributed by atoms with Crippen molar-refractivity contribution in [2.45, 2.75) is 25.4 Å². The van der Waals surface area contributed by atoms with Crippen LogP contribution in [0.3, 0.4) is 0 Å². The van der Waals surface area contributed by atoms with Gasteiger partial charge in [-0.25, -0.2) is 0 Å². The Labute approximate surface area is 191 Å². The minimum absolute atomic E-state index is 0.213. The first-order valence-corrected chi connectivity index (χ1v) is 10.7. The molecule has 0 amide bonds. The molecule has 0 bridgehead atoms. The van der Waals surface area contributed by atoms with Crippen molar-refractivity contribution < 1.29 is 13.9 Å². The summed E-state index contributed by atoms with van der Waals surface area (Å²) in [5, 5.41) is 4.57. The molecule has 0 saturated carbocycles. The number of methoxy groups -OCH3 is 1. The summed E-state index contributed by atoms with van der Waals surface area (Å²) in [5.74, 6) is 1.14. The van der Waals surface area contributed by atoms with E-state index in [1.54, 1.807) is 6.20 Å². The number of furan rings is 1. The summed E-state index contributed by atoms with van der Waals surface area (Å²) in [5.41, 5.74) is 2.74. The molecule has 3 aromatic rings. The molecule has 2 atom stereocenters. The number of rotatable bonds is 6. The van der Waals surface area contributed by atoms with Crippen LogP contribution in [-0.2, 0) is 9.53 Å². The average molecular weight is 456 g/mol. The molecule has 0 spiro atoms. The summed E-state index contributed by atoms with van der Waals surface area (Å²) in [6.07, 6.45) is 1.96. The number of hydrogen-bond donors (Lipinski definition) is 1. The Bertz CT molecular complexity index is 1100. The number of aryl methyl sites for hydroxylation is 1. The molecule has 1 fully saturated rings. The van der Waals surface area contributed by atoms with Crippen LogP contribution in [0.2, 0.25) is 5.02 Å². The van der Waals surface area contributed by atoms with Gasteiger partial charge in [-0.05, 0) is 55.0 Å². The fraction of sp³-hybridized carbons (Fsp3) is 0.261. The Morgan fingerprint density at radius 2 is 2.13 bits per heavy atom. The first-order valence-electron chi connectivity index (χ1n) is 9.89. The van der Waals surface area contributed by atoms with E-state index in [1.165, 1.54) is 7.11 Å². The number of esters is 1. The van der Waals surface area contributed by atoms with Crippen LogP contribution in [0.5, 0.6) is 0 Å². The molecule has 1 aliphatic rings. The number of benzene rings is 1. The molecule has 0 radical (unpaired) electrons. The van der Waals surface area contributed by atoms with E-state index in [9.17, 15) is 4.79 Å². The first-order chi connectivity index (χ1) is 15.0. The van der Waals surface area contributed by atoms with Gasteiger partial charge in [0.25, 0.3) is 0 Å². The number of carbonyl (C=O) groups excluding carboxylic acids is 1. The van der Waals surface area contributed by atoms with E-state index in [4.69, 9.17) is 33.0 Å². The monoisotopic (exact) mass is 455 g/mol. The summed E-state index contributed by atoms with van der Waals surface area (Å²) in [7, 11) is 1.38. The molecule has 0 unspecified atom stereocenters. The van der Waals surface area contributed by atoms with Crippen molar-refractivity contribution in [1.82, 2.24) is 15.2 Å². The van der Waals surface area contributed by atoms with Crippen LogP contribution in [-0.4, -0.2) is 34.6 Å². The van der Waals surface area contributed by atoms with Crippen molar-refractivity contribution >= 4 is 34.9 Å². The van der Waals surface area contributed by atoms with Crippen molar-refractivity contribution in [3.63, 3.8) is 0 Å². The summed E-state index contributed by atoms with van der Waals surface area (Å²) in [6, 6.07) is 15.0. The normalized spacial score (nSPS) is 18.2. The van der Waals surface area contributed by atoms with E-state index in [0.717, 1.165) is 22.6 Å². The number of aromatic nitrogens is 1. The molecule has 160 valence electrons. The fourth-order valence-electron chi connectivity index (χ4n) is 3.68. The van der Waals surface area contributed by atoms with Crippen molar-refractivity contribution in [2.24, 2.45) is 0 Å². The number of hydrogen-bond acceptors (Lipinski definition) is 5. The second-order valence-electron chi connectivity index (χ2n) is 7.31. The Hall–Kier alpha value is -2.90. The second-order valence-corrected chi connectivity index (χ2v) is 8.11. The zero-order chi connectivity index (χ0) is 22.0. The summed E-state index contributed by atoms with van der Waals surface area (Å²) in [4.78, 5) is 18.2. The van der Waals surface area contributed by atoms with Gasteiger partial charge >= 0.3 is 5.97 Å². The van der Waals surface area contributed by atoms with Crippen molar-refractivity contribution in [1.29, 1.82) is 0 Å². The second kappa shape index (κ2) is 9.08. The van der Waals surface area contributed by atoms with E-state index < -0.39 is 0 Å². The van der Waals surface area contributed by atoms with E-state index in [-0.39, 0.29) is 24.5 Å². The highest BCUT2D eigenvalue weighted by molar-refractivity contribution is 7.80. The minimum atomic E-state index is -0.294. The third-order valence-corrected chi connectivity index (χ3v) is 6.12. The number of halogens is 1. The molecule has 1 aliphatic heterocycles. The van der Waals surface area contributed by atoms with Gasteiger partial charge in [0.05, 0.1) is 25.3 Å². The maximum absolute atomic E-state index is 11.8. The zero-order valence-electron chi connectivity index (χ0n) is 17.2. The van der Waals surface area contributed by atoms with Crippen molar-refractivity contribution in [2.75, 3.05) is 13.7 Å². The highest BCUT2D eigenvalue weighted by atomic mass is 35.5. The quantitative estimate of drug-likeness (QED) is 0.421. The summed E-state index contributed by atoms with van der Waals surface area (Å²) in [6.45, 7) is 2.36. The molecular formula is C23H22ClN3O3S. The molecule has 4 rings (SSSR count). The Balaban J connectivity index is 1.69. The highest BCUT2D eigenvalue weighted by Gasteiger charge is 2.41. The molecule has 8 heteroatoms. The van der Waals surface area contributed by atoms with Gasteiger partial charge in [0.15, 0.2) is 5.11 Å². The van der Waals surface area contributed by atoms with Gasteiger partial charge in [0.2, 0.25) is 0 Å². The fourth-order valence-corrected chi connectivity index (χ4v) is 4.19. The van der Waals surface area contributed by atoms with E-state index in [2.05, 4.69) is 10.3 Å². The van der Waals surface area contributed by atoms with Crippen LogP contribution in [0.4, 0.5) is 0 Å². The number of ether oxygens (including phenoxy) is 1. The molecular weight excluding hydrogens is 434 g/mol. The summed E-state index contributed by atoms with van der Waals surface area (Å²) >= 11 is 11.9. The van der Waals surface area contributed by atoms with Gasteiger partial charge in [-0.2, -0.15) is 0 Å². The maximum atomic E-state index is 11.8. The molecule has 2 aromatic heterocycles.